The van der Waals surface area contributed by atoms with Crippen LogP contribution in [0.1, 0.15) is 5.56 Å². The van der Waals surface area contributed by atoms with Crippen molar-refractivity contribution in [3.8, 4) is 5.69 Å². The molecule has 3 heteroatoms. The molecule has 0 aliphatic rings. The lowest BCUT2D eigenvalue weighted by Crippen LogP contribution is -1.99. The van der Waals surface area contributed by atoms with Crippen molar-refractivity contribution in [2.75, 3.05) is 5.32 Å². The van der Waals surface area contributed by atoms with Crippen LogP contribution in [0.25, 0.3) is 5.69 Å². The van der Waals surface area contributed by atoms with Crippen molar-refractivity contribution in [1.29, 1.82) is 0 Å². The highest BCUT2D eigenvalue weighted by Gasteiger charge is 1.97. The maximum absolute atomic E-state index is 4.21. The van der Waals surface area contributed by atoms with E-state index in [0.717, 1.165) is 17.9 Å². The number of nitrogens with one attached hydrogen (secondary N) is 1. The molecule has 0 unspecified atom stereocenters. The van der Waals surface area contributed by atoms with Crippen LogP contribution < -0.4 is 5.32 Å². The number of rotatable bonds is 4. The zero-order chi connectivity index (χ0) is 12.9. The van der Waals surface area contributed by atoms with Crippen molar-refractivity contribution in [3.63, 3.8) is 0 Å². The van der Waals surface area contributed by atoms with Crippen LogP contribution in [0.15, 0.2) is 73.1 Å². The first-order valence-corrected chi connectivity index (χ1v) is 6.30. The first-order valence-electron chi connectivity index (χ1n) is 6.30. The zero-order valence-corrected chi connectivity index (χ0v) is 10.5. The molecule has 1 N–H and O–H groups in total. The number of nitrogens with zero attached hydrogens (tertiary/aromatic N) is 2. The molecule has 0 bridgehead atoms. The van der Waals surface area contributed by atoms with E-state index in [1.807, 2.05) is 23.0 Å². The third kappa shape index (κ3) is 2.83. The van der Waals surface area contributed by atoms with Crippen LogP contribution in [0.5, 0.6) is 0 Å². The number of anilines is 1. The van der Waals surface area contributed by atoms with Gasteiger partial charge in [-0.1, -0.05) is 30.3 Å². The standard InChI is InChI=1S/C16H15N3/c1-2-5-14(6-3-1)13-17-15-7-9-16(10-8-15)19-12-4-11-18-19/h1-12,17H,13H2. The van der Waals surface area contributed by atoms with E-state index < -0.39 is 0 Å². The van der Waals surface area contributed by atoms with Crippen molar-refractivity contribution >= 4 is 5.69 Å². The molecule has 3 aromatic rings. The minimum absolute atomic E-state index is 0.835. The van der Waals surface area contributed by atoms with E-state index in [2.05, 4.69) is 58.9 Å². The van der Waals surface area contributed by atoms with Gasteiger partial charge in [0, 0.05) is 24.6 Å². The van der Waals surface area contributed by atoms with Gasteiger partial charge < -0.3 is 5.32 Å². The van der Waals surface area contributed by atoms with Crippen LogP contribution in [0, 0.1) is 0 Å². The van der Waals surface area contributed by atoms with E-state index in [-0.39, 0.29) is 0 Å². The molecule has 0 radical (unpaired) electrons. The molecule has 0 aliphatic carbocycles. The first kappa shape index (κ1) is 11.5. The summed E-state index contributed by atoms with van der Waals surface area (Å²) in [5, 5.41) is 7.61. The molecule has 0 amide bonds. The Morgan fingerprint density at radius 2 is 1.68 bits per heavy atom. The first-order chi connectivity index (χ1) is 9.42. The molecule has 0 spiro atoms. The maximum atomic E-state index is 4.21. The van der Waals surface area contributed by atoms with Gasteiger partial charge in [-0.3, -0.25) is 0 Å². The number of benzene rings is 2. The minimum atomic E-state index is 0.835. The van der Waals surface area contributed by atoms with Crippen LogP contribution >= 0.6 is 0 Å². The summed E-state index contributed by atoms with van der Waals surface area (Å²) in [6.07, 6.45) is 3.72. The van der Waals surface area contributed by atoms with Crippen LogP contribution in [-0.2, 0) is 6.54 Å². The molecule has 0 atom stereocenters. The molecule has 0 aliphatic heterocycles. The summed E-state index contributed by atoms with van der Waals surface area (Å²) in [5.41, 5.74) is 3.45. The Morgan fingerprint density at radius 1 is 0.895 bits per heavy atom. The Morgan fingerprint density at radius 3 is 2.37 bits per heavy atom. The van der Waals surface area contributed by atoms with E-state index >= 15 is 0 Å². The zero-order valence-electron chi connectivity index (χ0n) is 10.5. The Labute approximate surface area is 112 Å². The molecule has 1 heterocycles. The quantitative estimate of drug-likeness (QED) is 0.767. The summed E-state index contributed by atoms with van der Waals surface area (Å²) in [7, 11) is 0. The Hall–Kier alpha value is -2.55. The second kappa shape index (κ2) is 5.40. The SMILES string of the molecule is c1ccc(CNc2ccc(-n3cccn3)cc2)cc1. The van der Waals surface area contributed by atoms with E-state index in [1.54, 1.807) is 6.20 Å². The topological polar surface area (TPSA) is 29.9 Å². The maximum Gasteiger partial charge on any atom is 0.0647 e. The summed E-state index contributed by atoms with van der Waals surface area (Å²) in [4.78, 5) is 0. The normalized spacial score (nSPS) is 10.3. The van der Waals surface area contributed by atoms with Gasteiger partial charge in [-0.05, 0) is 35.9 Å². The molecule has 19 heavy (non-hydrogen) atoms. The minimum Gasteiger partial charge on any atom is -0.381 e. The van der Waals surface area contributed by atoms with Gasteiger partial charge in [0.15, 0.2) is 0 Å². The van der Waals surface area contributed by atoms with Crippen LogP contribution in [0.4, 0.5) is 5.69 Å². The molecule has 3 rings (SSSR count). The lowest BCUT2D eigenvalue weighted by atomic mass is 10.2. The number of hydrogen-bond donors (Lipinski definition) is 1. The average molecular weight is 249 g/mol. The number of aromatic nitrogens is 2. The highest BCUT2D eigenvalue weighted by Crippen LogP contribution is 2.13. The Bertz CT molecular complexity index is 613. The summed E-state index contributed by atoms with van der Waals surface area (Å²) >= 11 is 0. The van der Waals surface area contributed by atoms with Gasteiger partial charge in [0.2, 0.25) is 0 Å². The van der Waals surface area contributed by atoms with Crippen molar-refractivity contribution < 1.29 is 0 Å². The largest absolute Gasteiger partial charge is 0.381 e. The van der Waals surface area contributed by atoms with E-state index in [1.165, 1.54) is 5.56 Å². The molecule has 0 saturated heterocycles. The van der Waals surface area contributed by atoms with E-state index in [0.29, 0.717) is 0 Å². The molecule has 2 aromatic carbocycles. The Kier molecular flexibility index (Phi) is 3.28. The van der Waals surface area contributed by atoms with Gasteiger partial charge in [-0.25, -0.2) is 4.68 Å². The van der Waals surface area contributed by atoms with Gasteiger partial charge >= 0.3 is 0 Å². The second-order valence-corrected chi connectivity index (χ2v) is 4.34. The predicted molar refractivity (Wildman–Crippen MR) is 77.3 cm³/mol. The highest BCUT2D eigenvalue weighted by molar-refractivity contribution is 5.48. The lowest BCUT2D eigenvalue weighted by molar-refractivity contribution is 0.880. The van der Waals surface area contributed by atoms with Gasteiger partial charge in [0.25, 0.3) is 0 Å². The van der Waals surface area contributed by atoms with Crippen LogP contribution in [0.3, 0.4) is 0 Å². The second-order valence-electron chi connectivity index (χ2n) is 4.34. The third-order valence-corrected chi connectivity index (χ3v) is 2.98. The van der Waals surface area contributed by atoms with Gasteiger partial charge in [-0.2, -0.15) is 5.10 Å². The lowest BCUT2D eigenvalue weighted by Gasteiger charge is -2.07. The van der Waals surface area contributed by atoms with Gasteiger partial charge in [0.05, 0.1) is 5.69 Å². The highest BCUT2D eigenvalue weighted by atomic mass is 15.3. The fourth-order valence-corrected chi connectivity index (χ4v) is 1.95. The summed E-state index contributed by atoms with van der Waals surface area (Å²) in [6.45, 7) is 0.835. The molecular weight excluding hydrogens is 234 g/mol. The monoisotopic (exact) mass is 249 g/mol. The smallest absolute Gasteiger partial charge is 0.0647 e. The van der Waals surface area contributed by atoms with Crippen molar-refractivity contribution in [2.24, 2.45) is 0 Å². The summed E-state index contributed by atoms with van der Waals surface area (Å²) in [6, 6.07) is 20.5. The van der Waals surface area contributed by atoms with Gasteiger partial charge in [-0.15, -0.1) is 0 Å². The fourth-order valence-electron chi connectivity index (χ4n) is 1.95. The Balaban J connectivity index is 1.67. The van der Waals surface area contributed by atoms with Crippen molar-refractivity contribution in [3.05, 3.63) is 78.6 Å². The molecule has 0 saturated carbocycles. The summed E-state index contributed by atoms with van der Waals surface area (Å²) < 4.78 is 1.85. The van der Waals surface area contributed by atoms with Crippen molar-refractivity contribution in [2.45, 2.75) is 6.54 Å². The van der Waals surface area contributed by atoms with Crippen LogP contribution in [-0.4, -0.2) is 9.78 Å². The van der Waals surface area contributed by atoms with Gasteiger partial charge in [0.1, 0.15) is 0 Å². The molecular formula is C16H15N3. The fraction of sp³-hybridized carbons (Fsp3) is 0.0625. The molecule has 1 aromatic heterocycles. The molecule has 94 valence electrons. The predicted octanol–water partition coefficient (Wildman–Crippen LogP) is 3.48. The molecule has 3 nitrogen and oxygen atoms in total. The molecule has 0 fully saturated rings. The number of hydrogen-bond acceptors (Lipinski definition) is 2. The van der Waals surface area contributed by atoms with E-state index in [4.69, 9.17) is 0 Å². The average Bonchev–Trinajstić information content (AvgIpc) is 3.01. The van der Waals surface area contributed by atoms with Crippen molar-refractivity contribution in [1.82, 2.24) is 9.78 Å². The van der Waals surface area contributed by atoms with Crippen LogP contribution in [0.2, 0.25) is 0 Å². The van der Waals surface area contributed by atoms with E-state index in [9.17, 15) is 0 Å². The summed E-state index contributed by atoms with van der Waals surface area (Å²) in [5.74, 6) is 0. The third-order valence-electron chi connectivity index (χ3n) is 2.98.